The molecule has 1 aliphatic rings. The Hall–Kier alpha value is -3.04. The summed E-state index contributed by atoms with van der Waals surface area (Å²) >= 11 is 0. The fourth-order valence-electron chi connectivity index (χ4n) is 2.67. The number of nitrogens with zero attached hydrogens (tertiary/aromatic N) is 1. The van der Waals surface area contributed by atoms with Gasteiger partial charge in [-0.05, 0) is 18.2 Å². The third-order valence-corrected chi connectivity index (χ3v) is 3.86. The van der Waals surface area contributed by atoms with E-state index in [4.69, 9.17) is 5.73 Å². The number of rotatable bonds is 3. The van der Waals surface area contributed by atoms with Gasteiger partial charge >= 0.3 is 6.18 Å². The number of hydrogen-bond acceptors (Lipinski definition) is 4. The zero-order valence-corrected chi connectivity index (χ0v) is 12.8. The summed E-state index contributed by atoms with van der Waals surface area (Å²) in [4.78, 5) is 23.6. The molecule has 0 bridgehead atoms. The summed E-state index contributed by atoms with van der Waals surface area (Å²) in [5, 5.41) is 12.1. The van der Waals surface area contributed by atoms with Gasteiger partial charge in [0, 0.05) is 24.1 Å². The molecule has 1 unspecified atom stereocenters. The second-order valence-electron chi connectivity index (χ2n) is 5.62. The van der Waals surface area contributed by atoms with Crippen molar-refractivity contribution >= 4 is 17.6 Å². The van der Waals surface area contributed by atoms with Gasteiger partial charge in [0.1, 0.15) is 5.82 Å². The molecule has 1 aliphatic heterocycles. The number of hydrogen-bond donors (Lipinski definition) is 4. The molecule has 0 aliphatic carbocycles. The van der Waals surface area contributed by atoms with Gasteiger partial charge in [-0.15, -0.1) is 0 Å². The molecule has 5 N–H and O–H groups in total. The van der Waals surface area contributed by atoms with Crippen LogP contribution in [0.1, 0.15) is 32.0 Å². The van der Waals surface area contributed by atoms with Crippen LogP contribution in [-0.2, 0) is 12.6 Å². The van der Waals surface area contributed by atoms with E-state index in [0.717, 1.165) is 12.1 Å². The number of benzene rings is 1. The van der Waals surface area contributed by atoms with Crippen LogP contribution in [0.3, 0.4) is 0 Å². The number of primary amides is 1. The molecule has 0 saturated carbocycles. The number of anilines is 1. The summed E-state index contributed by atoms with van der Waals surface area (Å²) in [6, 6.07) is 3.75. The maximum absolute atomic E-state index is 12.7. The molecule has 2 heterocycles. The van der Waals surface area contributed by atoms with Gasteiger partial charge in [-0.25, -0.2) is 0 Å². The molecule has 10 heteroatoms. The Bertz CT molecular complexity index is 831. The largest absolute Gasteiger partial charge is 0.416 e. The minimum atomic E-state index is -4.52. The van der Waals surface area contributed by atoms with Crippen molar-refractivity contribution in [3.8, 4) is 0 Å². The molecule has 0 spiro atoms. The topological polar surface area (TPSA) is 113 Å². The van der Waals surface area contributed by atoms with Crippen LogP contribution in [0.25, 0.3) is 0 Å². The minimum Gasteiger partial charge on any atom is -0.368 e. The Kier molecular flexibility index (Phi) is 4.11. The summed E-state index contributed by atoms with van der Waals surface area (Å²) in [6.45, 7) is 0.331. The average Bonchev–Trinajstić information content (AvgIpc) is 2.97. The van der Waals surface area contributed by atoms with Gasteiger partial charge in [0.15, 0.2) is 5.69 Å². The van der Waals surface area contributed by atoms with E-state index in [1.54, 1.807) is 0 Å². The summed E-state index contributed by atoms with van der Waals surface area (Å²) in [7, 11) is 0. The summed E-state index contributed by atoms with van der Waals surface area (Å²) < 4.78 is 38.2. The molecule has 25 heavy (non-hydrogen) atoms. The standard InChI is InChI=1S/C15H14F3N5O2/c16-15(17,18)8-3-1-2-7(4-8)14(25)21-9-5-10-11(12(19)24)22-23-13(10)20-6-9/h1-4,9H,5-6H2,(H2,19,24)(H,21,25)(H2,20,22,23). The maximum Gasteiger partial charge on any atom is 0.416 e. The molecule has 3 rings (SSSR count). The number of carbonyl (C=O) groups is 2. The molecular formula is C15H14F3N5O2. The van der Waals surface area contributed by atoms with E-state index < -0.39 is 29.6 Å². The lowest BCUT2D eigenvalue weighted by Crippen LogP contribution is -2.43. The Morgan fingerprint density at radius 3 is 2.76 bits per heavy atom. The number of alkyl halides is 3. The van der Waals surface area contributed by atoms with Crippen LogP contribution < -0.4 is 16.4 Å². The zero-order chi connectivity index (χ0) is 18.2. The van der Waals surface area contributed by atoms with Crippen LogP contribution in [0.5, 0.6) is 0 Å². The first kappa shape index (κ1) is 16.8. The van der Waals surface area contributed by atoms with Crippen molar-refractivity contribution in [1.29, 1.82) is 0 Å². The van der Waals surface area contributed by atoms with Crippen LogP contribution in [0.2, 0.25) is 0 Å². The number of carbonyl (C=O) groups excluding carboxylic acids is 2. The van der Waals surface area contributed by atoms with Crippen molar-refractivity contribution in [2.24, 2.45) is 5.73 Å². The van der Waals surface area contributed by atoms with Gasteiger partial charge in [-0.1, -0.05) is 6.07 Å². The molecule has 0 radical (unpaired) electrons. The number of H-pyrrole nitrogens is 1. The molecule has 0 fully saturated rings. The maximum atomic E-state index is 12.7. The minimum absolute atomic E-state index is 0.0699. The van der Waals surface area contributed by atoms with Crippen LogP contribution >= 0.6 is 0 Å². The van der Waals surface area contributed by atoms with Crippen LogP contribution in [0.4, 0.5) is 19.0 Å². The highest BCUT2D eigenvalue weighted by Gasteiger charge is 2.31. The molecular weight excluding hydrogens is 339 g/mol. The van der Waals surface area contributed by atoms with E-state index in [9.17, 15) is 22.8 Å². The Labute approximate surface area is 139 Å². The van der Waals surface area contributed by atoms with Crippen molar-refractivity contribution in [2.75, 3.05) is 11.9 Å². The van der Waals surface area contributed by atoms with Crippen molar-refractivity contribution < 1.29 is 22.8 Å². The van der Waals surface area contributed by atoms with Crippen molar-refractivity contribution in [3.05, 3.63) is 46.6 Å². The SMILES string of the molecule is NC(=O)c1n[nH]c2c1CC(NC(=O)c1cccc(C(F)(F)F)c1)CN2. The number of nitrogens with two attached hydrogens (primary N) is 1. The average molecular weight is 353 g/mol. The molecule has 2 amide bonds. The van der Waals surface area contributed by atoms with Gasteiger partial charge in [-0.3, -0.25) is 14.7 Å². The second-order valence-corrected chi connectivity index (χ2v) is 5.62. The Morgan fingerprint density at radius 1 is 1.32 bits per heavy atom. The molecule has 2 aromatic rings. The first-order chi connectivity index (χ1) is 11.8. The molecule has 1 atom stereocenters. The fraction of sp³-hybridized carbons (Fsp3) is 0.267. The summed E-state index contributed by atoms with van der Waals surface area (Å²) in [5.74, 6) is -0.798. The highest BCUT2D eigenvalue weighted by Crippen LogP contribution is 2.29. The van der Waals surface area contributed by atoms with Gasteiger partial charge in [0.2, 0.25) is 0 Å². The van der Waals surface area contributed by atoms with Gasteiger partial charge in [-0.2, -0.15) is 18.3 Å². The lowest BCUT2D eigenvalue weighted by molar-refractivity contribution is -0.137. The molecule has 1 aromatic carbocycles. The third-order valence-electron chi connectivity index (χ3n) is 3.86. The zero-order valence-electron chi connectivity index (χ0n) is 12.8. The quantitative estimate of drug-likeness (QED) is 0.666. The Balaban J connectivity index is 1.74. The highest BCUT2D eigenvalue weighted by atomic mass is 19.4. The van der Waals surface area contributed by atoms with Gasteiger partial charge in [0.25, 0.3) is 11.8 Å². The van der Waals surface area contributed by atoms with Crippen molar-refractivity contribution in [3.63, 3.8) is 0 Å². The van der Waals surface area contributed by atoms with E-state index >= 15 is 0 Å². The monoisotopic (exact) mass is 353 g/mol. The second kappa shape index (κ2) is 6.11. The Morgan fingerprint density at radius 2 is 2.08 bits per heavy atom. The number of aromatic nitrogens is 2. The number of amides is 2. The molecule has 0 saturated heterocycles. The number of halogens is 3. The van der Waals surface area contributed by atoms with Crippen LogP contribution in [0, 0.1) is 0 Å². The molecule has 7 nitrogen and oxygen atoms in total. The lowest BCUT2D eigenvalue weighted by Gasteiger charge is -2.24. The highest BCUT2D eigenvalue weighted by molar-refractivity contribution is 5.95. The molecule has 1 aromatic heterocycles. The first-order valence-corrected chi connectivity index (χ1v) is 7.34. The van der Waals surface area contributed by atoms with Crippen molar-refractivity contribution in [2.45, 2.75) is 18.6 Å². The van der Waals surface area contributed by atoms with Crippen LogP contribution in [-0.4, -0.2) is 34.6 Å². The normalized spacial score (nSPS) is 16.7. The number of nitrogens with one attached hydrogen (secondary N) is 3. The lowest BCUT2D eigenvalue weighted by atomic mass is 10.0. The van der Waals surface area contributed by atoms with E-state index in [0.29, 0.717) is 17.9 Å². The van der Waals surface area contributed by atoms with Gasteiger partial charge < -0.3 is 16.4 Å². The third kappa shape index (κ3) is 3.42. The number of aromatic amines is 1. The summed E-state index contributed by atoms with van der Waals surface area (Å²) in [6.07, 6.45) is -4.24. The predicted octanol–water partition coefficient (Wildman–Crippen LogP) is 1.29. The van der Waals surface area contributed by atoms with E-state index in [1.165, 1.54) is 12.1 Å². The van der Waals surface area contributed by atoms with E-state index in [1.807, 2.05) is 0 Å². The van der Waals surface area contributed by atoms with Crippen LogP contribution in [0.15, 0.2) is 24.3 Å². The van der Waals surface area contributed by atoms with E-state index in [2.05, 4.69) is 20.8 Å². The fourth-order valence-corrected chi connectivity index (χ4v) is 2.67. The first-order valence-electron chi connectivity index (χ1n) is 7.34. The number of fused-ring (bicyclic) bond motifs is 1. The molecule has 132 valence electrons. The van der Waals surface area contributed by atoms with Crippen molar-refractivity contribution in [1.82, 2.24) is 15.5 Å². The van der Waals surface area contributed by atoms with E-state index in [-0.39, 0.29) is 17.7 Å². The smallest absolute Gasteiger partial charge is 0.368 e. The van der Waals surface area contributed by atoms with Gasteiger partial charge in [0.05, 0.1) is 11.6 Å². The predicted molar refractivity (Wildman–Crippen MR) is 82.0 cm³/mol. The summed E-state index contributed by atoms with van der Waals surface area (Å²) in [5.41, 5.74) is 4.85.